The number of ether oxygens (including phenoxy) is 1. The van der Waals surface area contributed by atoms with Crippen molar-refractivity contribution < 1.29 is 4.74 Å². The molecule has 0 saturated carbocycles. The Bertz CT molecular complexity index is 946. The van der Waals surface area contributed by atoms with Crippen molar-refractivity contribution in [2.75, 3.05) is 13.2 Å². The Hall–Kier alpha value is -2.67. The van der Waals surface area contributed by atoms with Crippen LogP contribution in [-0.2, 0) is 20.6 Å². The fraction of sp³-hybridized carbons (Fsp3) is 0.353. The molecule has 2 unspecified atom stereocenters. The van der Waals surface area contributed by atoms with Crippen molar-refractivity contribution in [1.29, 1.82) is 0 Å². The van der Waals surface area contributed by atoms with Gasteiger partial charge in [-0.2, -0.15) is 5.10 Å². The lowest BCUT2D eigenvalue weighted by molar-refractivity contribution is 0.293. The minimum atomic E-state index is -0.0601. The van der Waals surface area contributed by atoms with Gasteiger partial charge in [-0.15, -0.1) is 0 Å². The monoisotopic (exact) mass is 325 g/mol. The van der Waals surface area contributed by atoms with Crippen molar-refractivity contribution in [3.8, 4) is 5.75 Å². The quantitative estimate of drug-likeness (QED) is 0.653. The van der Waals surface area contributed by atoms with Crippen LogP contribution in [0.4, 0.5) is 0 Å². The second kappa shape index (κ2) is 5.76. The topological polar surface area (TPSA) is 65.0 Å². The van der Waals surface area contributed by atoms with Gasteiger partial charge >= 0.3 is 0 Å². The first-order valence-corrected chi connectivity index (χ1v) is 7.90. The van der Waals surface area contributed by atoms with Crippen molar-refractivity contribution in [3.63, 3.8) is 0 Å². The van der Waals surface area contributed by atoms with Gasteiger partial charge in [0.25, 0.3) is 5.56 Å². The molecule has 3 aromatic rings. The van der Waals surface area contributed by atoms with Crippen molar-refractivity contribution in [3.05, 3.63) is 52.8 Å². The van der Waals surface area contributed by atoms with E-state index in [2.05, 4.69) is 15.0 Å². The molecule has 4 rings (SSSR count). The number of aromatic nitrogens is 4. The Labute approximate surface area is 139 Å². The van der Waals surface area contributed by atoms with Crippen molar-refractivity contribution in [1.82, 2.24) is 24.2 Å². The number of aryl methyl sites for hydroxylation is 2. The first-order valence-electron chi connectivity index (χ1n) is 7.90. The van der Waals surface area contributed by atoms with Crippen molar-refractivity contribution in [2.24, 2.45) is 14.1 Å². The van der Waals surface area contributed by atoms with E-state index in [0.717, 1.165) is 13.1 Å². The molecular formula is C17H19N5O2. The highest BCUT2D eigenvalue weighted by Crippen LogP contribution is 2.23. The Morgan fingerprint density at radius 3 is 3.00 bits per heavy atom. The Morgan fingerprint density at radius 1 is 1.33 bits per heavy atom. The van der Waals surface area contributed by atoms with E-state index in [-0.39, 0.29) is 5.56 Å². The van der Waals surface area contributed by atoms with Crippen LogP contribution in [0, 0.1) is 0 Å². The first-order chi connectivity index (χ1) is 11.6. The van der Waals surface area contributed by atoms with Gasteiger partial charge in [0.05, 0.1) is 29.5 Å². The SMILES string of the molecule is Cn1cc(CN2CC2COc2ccc3ncn(C)c(=O)c3c2)cn1. The second-order valence-electron chi connectivity index (χ2n) is 6.26. The molecule has 1 aliphatic rings. The molecule has 1 aliphatic heterocycles. The summed E-state index contributed by atoms with van der Waals surface area (Å²) in [5.41, 5.74) is 1.84. The van der Waals surface area contributed by atoms with Gasteiger partial charge in [0.15, 0.2) is 0 Å². The molecule has 1 fully saturated rings. The normalized spacial score (nSPS) is 19.6. The third-order valence-electron chi connectivity index (χ3n) is 4.30. The van der Waals surface area contributed by atoms with E-state index in [4.69, 9.17) is 4.74 Å². The number of fused-ring (bicyclic) bond motifs is 1. The molecule has 2 atom stereocenters. The van der Waals surface area contributed by atoms with Gasteiger partial charge in [-0.1, -0.05) is 0 Å². The highest BCUT2D eigenvalue weighted by atomic mass is 16.5. The number of hydrogen-bond donors (Lipinski definition) is 0. The lowest BCUT2D eigenvalue weighted by Gasteiger charge is -2.07. The van der Waals surface area contributed by atoms with Crippen LogP contribution in [-0.4, -0.2) is 43.4 Å². The molecule has 0 N–H and O–H groups in total. The van der Waals surface area contributed by atoms with E-state index < -0.39 is 0 Å². The van der Waals surface area contributed by atoms with Crippen LogP contribution in [0.3, 0.4) is 0 Å². The highest BCUT2D eigenvalue weighted by Gasteiger charge is 2.34. The molecule has 7 heteroatoms. The van der Waals surface area contributed by atoms with Crippen LogP contribution in [0.15, 0.2) is 41.7 Å². The number of rotatable bonds is 5. The summed E-state index contributed by atoms with van der Waals surface area (Å²) in [7, 11) is 3.62. The van der Waals surface area contributed by atoms with Gasteiger partial charge in [0, 0.05) is 38.9 Å². The molecule has 24 heavy (non-hydrogen) atoms. The number of benzene rings is 1. The predicted molar refractivity (Wildman–Crippen MR) is 89.9 cm³/mol. The zero-order valence-corrected chi connectivity index (χ0v) is 13.7. The molecule has 0 spiro atoms. The lowest BCUT2D eigenvalue weighted by atomic mass is 10.2. The van der Waals surface area contributed by atoms with Crippen molar-refractivity contribution in [2.45, 2.75) is 12.6 Å². The smallest absolute Gasteiger partial charge is 0.261 e. The summed E-state index contributed by atoms with van der Waals surface area (Å²) in [6, 6.07) is 5.88. The molecule has 7 nitrogen and oxygen atoms in total. The van der Waals surface area contributed by atoms with Crippen LogP contribution in [0.25, 0.3) is 10.9 Å². The summed E-state index contributed by atoms with van der Waals surface area (Å²) in [6.45, 7) is 2.53. The highest BCUT2D eigenvalue weighted by molar-refractivity contribution is 5.78. The fourth-order valence-electron chi connectivity index (χ4n) is 2.84. The standard InChI is InChI=1S/C17H19N5O2/c1-20-11-18-16-4-3-14(5-15(16)17(20)23)24-10-13-9-22(13)8-12-6-19-21(2)7-12/h3-7,11,13H,8-10H2,1-2H3. The summed E-state index contributed by atoms with van der Waals surface area (Å²) in [6.07, 6.45) is 5.45. The molecule has 0 amide bonds. The van der Waals surface area contributed by atoms with E-state index in [0.29, 0.717) is 29.3 Å². The Kier molecular flexibility index (Phi) is 3.57. The maximum Gasteiger partial charge on any atom is 0.261 e. The van der Waals surface area contributed by atoms with E-state index in [1.807, 2.05) is 36.3 Å². The summed E-state index contributed by atoms with van der Waals surface area (Å²) in [5, 5.41) is 4.77. The van der Waals surface area contributed by atoms with Gasteiger partial charge in [-0.05, 0) is 18.2 Å². The molecule has 124 valence electrons. The van der Waals surface area contributed by atoms with Gasteiger partial charge in [0.2, 0.25) is 0 Å². The average molecular weight is 325 g/mol. The molecule has 1 saturated heterocycles. The maximum atomic E-state index is 12.1. The zero-order valence-electron chi connectivity index (χ0n) is 13.7. The Morgan fingerprint density at radius 2 is 2.21 bits per heavy atom. The van der Waals surface area contributed by atoms with E-state index in [1.54, 1.807) is 13.1 Å². The molecular weight excluding hydrogens is 306 g/mol. The van der Waals surface area contributed by atoms with Gasteiger partial charge in [-0.25, -0.2) is 4.98 Å². The summed E-state index contributed by atoms with van der Waals surface area (Å²) in [4.78, 5) is 18.7. The minimum Gasteiger partial charge on any atom is -0.492 e. The van der Waals surface area contributed by atoms with Crippen LogP contribution in [0.1, 0.15) is 5.56 Å². The lowest BCUT2D eigenvalue weighted by Crippen LogP contribution is -2.17. The fourth-order valence-corrected chi connectivity index (χ4v) is 2.84. The third kappa shape index (κ3) is 2.90. The van der Waals surface area contributed by atoms with Crippen LogP contribution >= 0.6 is 0 Å². The minimum absolute atomic E-state index is 0.0601. The summed E-state index contributed by atoms with van der Waals surface area (Å²) in [5.74, 6) is 0.709. The third-order valence-corrected chi connectivity index (χ3v) is 4.30. The molecule has 2 aromatic heterocycles. The molecule has 3 heterocycles. The molecule has 1 aromatic carbocycles. The van der Waals surface area contributed by atoms with Crippen LogP contribution < -0.4 is 10.3 Å². The molecule has 0 aliphatic carbocycles. The second-order valence-corrected chi connectivity index (χ2v) is 6.26. The van der Waals surface area contributed by atoms with Gasteiger partial charge < -0.3 is 9.30 Å². The largest absolute Gasteiger partial charge is 0.492 e. The predicted octanol–water partition coefficient (Wildman–Crippen LogP) is 0.930. The van der Waals surface area contributed by atoms with E-state index in [9.17, 15) is 4.79 Å². The van der Waals surface area contributed by atoms with Crippen molar-refractivity contribution >= 4 is 10.9 Å². The van der Waals surface area contributed by atoms with Gasteiger partial charge in [0.1, 0.15) is 12.4 Å². The summed E-state index contributed by atoms with van der Waals surface area (Å²) < 4.78 is 9.16. The van der Waals surface area contributed by atoms with Crippen LogP contribution in [0.2, 0.25) is 0 Å². The van der Waals surface area contributed by atoms with E-state index in [1.165, 1.54) is 16.5 Å². The molecule has 0 bridgehead atoms. The van der Waals surface area contributed by atoms with Gasteiger partial charge in [-0.3, -0.25) is 14.4 Å². The Balaban J connectivity index is 1.39. The van der Waals surface area contributed by atoms with Crippen LogP contribution in [0.5, 0.6) is 5.75 Å². The average Bonchev–Trinajstić information content (AvgIpc) is 3.19. The maximum absolute atomic E-state index is 12.1. The van der Waals surface area contributed by atoms with E-state index >= 15 is 0 Å². The number of hydrogen-bond acceptors (Lipinski definition) is 5. The zero-order chi connectivity index (χ0) is 16.7. The molecule has 0 radical (unpaired) electrons. The first kappa shape index (κ1) is 14.9. The summed E-state index contributed by atoms with van der Waals surface area (Å²) >= 11 is 0. The number of nitrogens with zero attached hydrogens (tertiary/aromatic N) is 5.